The third kappa shape index (κ3) is 4.30. The number of carbonyl (C=O) groups is 1. The summed E-state index contributed by atoms with van der Waals surface area (Å²) in [4.78, 5) is 22.2. The average Bonchev–Trinajstić information content (AvgIpc) is 2.37. The van der Waals surface area contributed by atoms with Crippen molar-refractivity contribution in [2.24, 2.45) is 0 Å². The second-order valence-corrected chi connectivity index (χ2v) is 6.19. The fourth-order valence-corrected chi connectivity index (χ4v) is 1.99. The summed E-state index contributed by atoms with van der Waals surface area (Å²) in [5.41, 5.74) is 5.46. The molecule has 0 aliphatic heterocycles. The molecule has 110 valence electrons. The van der Waals surface area contributed by atoms with Crippen LogP contribution in [0.4, 0.5) is 11.4 Å². The van der Waals surface area contributed by atoms with Gasteiger partial charge >= 0.3 is 0 Å². The van der Waals surface area contributed by atoms with Crippen LogP contribution in [-0.4, -0.2) is 33.1 Å². The minimum Gasteiger partial charge on any atom is -0.399 e. The summed E-state index contributed by atoms with van der Waals surface area (Å²) in [7, 11) is -0.964. The van der Waals surface area contributed by atoms with Gasteiger partial charge < -0.3 is 11.1 Å². The van der Waals surface area contributed by atoms with Crippen molar-refractivity contribution in [2.75, 3.05) is 18.5 Å². The van der Waals surface area contributed by atoms with Crippen LogP contribution in [0.25, 0.3) is 0 Å². The number of carbonyl (C=O) groups excluding carboxylic acids is 1. The predicted octanol–water partition coefficient (Wildman–Crippen LogP) is 1.06. The normalized spacial score (nSPS) is 13.5. The lowest BCUT2D eigenvalue weighted by molar-refractivity contribution is -0.385. The monoisotopic (exact) mass is 299 g/mol. The van der Waals surface area contributed by atoms with E-state index in [1.54, 1.807) is 6.26 Å². The van der Waals surface area contributed by atoms with Gasteiger partial charge in [-0.05, 0) is 18.6 Å². The quantitative estimate of drug-likeness (QED) is 0.463. The number of nitrogens with two attached hydrogens (primary N) is 1. The first kappa shape index (κ1) is 16.1. The summed E-state index contributed by atoms with van der Waals surface area (Å²) < 4.78 is 11.2. The molecule has 20 heavy (non-hydrogen) atoms. The number of hydrogen-bond acceptors (Lipinski definition) is 5. The Morgan fingerprint density at radius 1 is 1.55 bits per heavy atom. The number of nitro benzene ring substituents is 1. The van der Waals surface area contributed by atoms with Gasteiger partial charge in [0.2, 0.25) is 0 Å². The highest BCUT2D eigenvalue weighted by molar-refractivity contribution is 7.84. The van der Waals surface area contributed by atoms with Crippen LogP contribution < -0.4 is 11.1 Å². The summed E-state index contributed by atoms with van der Waals surface area (Å²) in [6.45, 7) is 2.11. The van der Waals surface area contributed by atoms with Crippen molar-refractivity contribution in [3.63, 3.8) is 0 Å². The fourth-order valence-electron chi connectivity index (χ4n) is 1.54. The number of anilines is 1. The van der Waals surface area contributed by atoms with Crippen LogP contribution in [0.5, 0.6) is 0 Å². The van der Waals surface area contributed by atoms with Crippen molar-refractivity contribution < 1.29 is 13.9 Å². The Balaban J connectivity index is 2.75. The van der Waals surface area contributed by atoms with Crippen molar-refractivity contribution in [1.29, 1.82) is 0 Å². The van der Waals surface area contributed by atoms with E-state index in [0.717, 1.165) is 0 Å². The lowest BCUT2D eigenvalue weighted by Crippen LogP contribution is -2.28. The standard InChI is InChI=1S/C12H17N3O4S/c1-8(20(2)19)5-6-14-12(16)10-7-9(13)3-4-11(10)15(17)18/h3-4,7-8H,5-6,13H2,1-2H3,(H,14,16). The van der Waals surface area contributed by atoms with E-state index in [0.29, 0.717) is 13.0 Å². The second kappa shape index (κ2) is 6.99. The van der Waals surface area contributed by atoms with Crippen LogP contribution in [0.15, 0.2) is 18.2 Å². The van der Waals surface area contributed by atoms with Crippen LogP contribution in [0.1, 0.15) is 23.7 Å². The Hall–Kier alpha value is -1.96. The van der Waals surface area contributed by atoms with Gasteiger partial charge in [-0.3, -0.25) is 19.1 Å². The highest BCUT2D eigenvalue weighted by Gasteiger charge is 2.20. The van der Waals surface area contributed by atoms with E-state index in [2.05, 4.69) is 5.32 Å². The van der Waals surface area contributed by atoms with Gasteiger partial charge in [-0.25, -0.2) is 0 Å². The molecule has 0 bridgehead atoms. The summed E-state index contributed by atoms with van der Waals surface area (Å²) in [6, 6.07) is 3.85. The van der Waals surface area contributed by atoms with E-state index in [1.807, 2.05) is 6.92 Å². The minimum atomic E-state index is -0.964. The molecule has 7 nitrogen and oxygen atoms in total. The van der Waals surface area contributed by atoms with Gasteiger partial charge in [0.15, 0.2) is 0 Å². The Morgan fingerprint density at radius 2 is 2.20 bits per heavy atom. The molecule has 0 radical (unpaired) electrons. The van der Waals surface area contributed by atoms with Crippen LogP contribution in [0.2, 0.25) is 0 Å². The van der Waals surface area contributed by atoms with E-state index in [9.17, 15) is 19.1 Å². The third-order valence-electron chi connectivity index (χ3n) is 2.86. The first-order valence-electron chi connectivity index (χ1n) is 5.97. The molecular weight excluding hydrogens is 282 g/mol. The maximum absolute atomic E-state index is 11.9. The predicted molar refractivity (Wildman–Crippen MR) is 78.0 cm³/mol. The van der Waals surface area contributed by atoms with E-state index < -0.39 is 21.6 Å². The van der Waals surface area contributed by atoms with Crippen molar-refractivity contribution in [3.05, 3.63) is 33.9 Å². The van der Waals surface area contributed by atoms with Crippen LogP contribution in [0, 0.1) is 10.1 Å². The van der Waals surface area contributed by atoms with Crippen LogP contribution in [-0.2, 0) is 10.8 Å². The summed E-state index contributed by atoms with van der Waals surface area (Å²) in [5.74, 6) is -0.557. The van der Waals surface area contributed by atoms with Crippen molar-refractivity contribution in [2.45, 2.75) is 18.6 Å². The molecule has 2 unspecified atom stereocenters. The Morgan fingerprint density at radius 3 is 2.75 bits per heavy atom. The highest BCUT2D eigenvalue weighted by Crippen LogP contribution is 2.21. The smallest absolute Gasteiger partial charge is 0.282 e. The number of rotatable bonds is 6. The maximum Gasteiger partial charge on any atom is 0.282 e. The van der Waals surface area contributed by atoms with Gasteiger partial charge in [-0.15, -0.1) is 0 Å². The summed E-state index contributed by atoms with van der Waals surface area (Å²) in [6.07, 6.45) is 2.13. The molecule has 1 aromatic rings. The molecule has 3 N–H and O–H groups in total. The maximum atomic E-state index is 11.9. The van der Waals surface area contributed by atoms with Crippen molar-refractivity contribution in [1.82, 2.24) is 5.32 Å². The molecular formula is C12H17N3O4S. The Bertz CT molecular complexity index is 548. The van der Waals surface area contributed by atoms with Gasteiger partial charge in [-0.1, -0.05) is 6.92 Å². The number of benzene rings is 1. The molecule has 1 aromatic carbocycles. The summed E-state index contributed by atoms with van der Waals surface area (Å²) in [5, 5.41) is 13.4. The molecule has 8 heteroatoms. The number of amides is 1. The van der Waals surface area contributed by atoms with E-state index in [1.165, 1.54) is 18.2 Å². The topological polar surface area (TPSA) is 115 Å². The van der Waals surface area contributed by atoms with Crippen LogP contribution >= 0.6 is 0 Å². The van der Waals surface area contributed by atoms with Crippen molar-refractivity contribution in [3.8, 4) is 0 Å². The fraction of sp³-hybridized carbons (Fsp3) is 0.417. The average molecular weight is 299 g/mol. The second-order valence-electron chi connectivity index (χ2n) is 4.39. The number of hydrogen-bond donors (Lipinski definition) is 2. The van der Waals surface area contributed by atoms with Crippen molar-refractivity contribution >= 4 is 28.1 Å². The SMILES string of the molecule is CC(CCNC(=O)c1cc(N)ccc1[N+](=O)[O-])S(C)=O. The zero-order chi connectivity index (χ0) is 15.3. The van der Waals surface area contributed by atoms with E-state index in [4.69, 9.17) is 5.73 Å². The minimum absolute atomic E-state index is 0.0499. The first-order valence-corrected chi connectivity index (χ1v) is 7.59. The number of nitro groups is 1. The largest absolute Gasteiger partial charge is 0.399 e. The lowest BCUT2D eigenvalue weighted by Gasteiger charge is -2.09. The zero-order valence-corrected chi connectivity index (χ0v) is 12.1. The molecule has 0 aliphatic carbocycles. The molecule has 0 spiro atoms. The van der Waals surface area contributed by atoms with Gasteiger partial charge in [0, 0.05) is 40.6 Å². The number of nitrogen functional groups attached to an aromatic ring is 1. The Labute approximate surface area is 119 Å². The molecule has 0 aliphatic rings. The molecule has 0 fully saturated rings. The Kier molecular flexibility index (Phi) is 5.63. The zero-order valence-electron chi connectivity index (χ0n) is 11.3. The third-order valence-corrected chi connectivity index (χ3v) is 4.23. The van der Waals surface area contributed by atoms with Crippen LogP contribution in [0.3, 0.4) is 0 Å². The molecule has 0 aromatic heterocycles. The van der Waals surface area contributed by atoms with Gasteiger partial charge in [0.1, 0.15) is 5.56 Å². The molecule has 0 saturated heterocycles. The molecule has 1 rings (SSSR count). The molecule has 1 amide bonds. The van der Waals surface area contributed by atoms with Gasteiger partial charge in [0.25, 0.3) is 11.6 Å². The van der Waals surface area contributed by atoms with Gasteiger partial charge in [-0.2, -0.15) is 0 Å². The van der Waals surface area contributed by atoms with E-state index in [-0.39, 0.29) is 22.2 Å². The van der Waals surface area contributed by atoms with Gasteiger partial charge in [0.05, 0.1) is 4.92 Å². The first-order chi connectivity index (χ1) is 9.32. The number of nitrogens with zero attached hydrogens (tertiary/aromatic N) is 1. The lowest BCUT2D eigenvalue weighted by atomic mass is 10.1. The van der Waals surface area contributed by atoms with E-state index >= 15 is 0 Å². The molecule has 0 heterocycles. The number of nitrogens with one attached hydrogen (secondary N) is 1. The summed E-state index contributed by atoms with van der Waals surface area (Å²) >= 11 is 0. The molecule has 0 saturated carbocycles. The highest BCUT2D eigenvalue weighted by atomic mass is 32.2. The molecule has 2 atom stereocenters.